The quantitative estimate of drug-likeness (QED) is 0.778. The SMILES string of the molecule is COc1cnn(C)c1C(N)c1ccc2nccnc2c1. The number of hydrogen-bond acceptors (Lipinski definition) is 5. The summed E-state index contributed by atoms with van der Waals surface area (Å²) in [6.07, 6.45) is 5.00. The van der Waals surface area contributed by atoms with Crippen LogP contribution in [0.2, 0.25) is 0 Å². The van der Waals surface area contributed by atoms with Crippen LogP contribution >= 0.6 is 0 Å². The van der Waals surface area contributed by atoms with Gasteiger partial charge in [0, 0.05) is 19.4 Å². The lowest BCUT2D eigenvalue weighted by Gasteiger charge is -2.14. The first-order valence-corrected chi connectivity index (χ1v) is 6.23. The molecule has 0 saturated carbocycles. The lowest BCUT2D eigenvalue weighted by Crippen LogP contribution is -2.17. The van der Waals surface area contributed by atoms with Gasteiger partial charge in [0.25, 0.3) is 0 Å². The first-order valence-electron chi connectivity index (χ1n) is 6.23. The average Bonchev–Trinajstić information content (AvgIpc) is 2.87. The number of ether oxygens (including phenoxy) is 1. The van der Waals surface area contributed by atoms with Crippen LogP contribution in [0.15, 0.2) is 36.8 Å². The van der Waals surface area contributed by atoms with Crippen molar-refractivity contribution in [3.63, 3.8) is 0 Å². The van der Waals surface area contributed by atoms with Crippen molar-refractivity contribution in [3.05, 3.63) is 48.0 Å². The van der Waals surface area contributed by atoms with E-state index < -0.39 is 0 Å². The van der Waals surface area contributed by atoms with Gasteiger partial charge in [0.05, 0.1) is 30.4 Å². The van der Waals surface area contributed by atoms with E-state index in [0.717, 1.165) is 22.3 Å². The fourth-order valence-corrected chi connectivity index (χ4v) is 2.27. The number of fused-ring (bicyclic) bond motifs is 1. The molecule has 3 aromatic rings. The van der Waals surface area contributed by atoms with Crippen LogP contribution in [0.3, 0.4) is 0 Å². The molecule has 0 saturated heterocycles. The number of benzene rings is 1. The zero-order valence-electron chi connectivity index (χ0n) is 11.3. The van der Waals surface area contributed by atoms with Crippen molar-refractivity contribution in [2.45, 2.75) is 6.04 Å². The molecular weight excluding hydrogens is 254 g/mol. The minimum Gasteiger partial charge on any atom is -0.493 e. The van der Waals surface area contributed by atoms with Gasteiger partial charge in [-0.15, -0.1) is 0 Å². The number of rotatable bonds is 3. The second kappa shape index (κ2) is 4.90. The maximum absolute atomic E-state index is 6.34. The van der Waals surface area contributed by atoms with Gasteiger partial charge in [0.2, 0.25) is 0 Å². The van der Waals surface area contributed by atoms with Crippen LogP contribution in [0, 0.1) is 0 Å². The van der Waals surface area contributed by atoms with E-state index in [0.29, 0.717) is 5.75 Å². The molecule has 2 heterocycles. The van der Waals surface area contributed by atoms with E-state index in [1.54, 1.807) is 30.4 Å². The average molecular weight is 269 g/mol. The number of hydrogen-bond donors (Lipinski definition) is 1. The summed E-state index contributed by atoms with van der Waals surface area (Å²) >= 11 is 0. The lowest BCUT2D eigenvalue weighted by molar-refractivity contribution is 0.406. The topological polar surface area (TPSA) is 78.9 Å². The summed E-state index contributed by atoms with van der Waals surface area (Å²) in [5, 5.41) is 4.18. The minimum absolute atomic E-state index is 0.330. The lowest BCUT2D eigenvalue weighted by atomic mass is 10.0. The van der Waals surface area contributed by atoms with Gasteiger partial charge in [-0.25, -0.2) is 0 Å². The first kappa shape index (κ1) is 12.6. The standard InChI is InChI=1S/C14H15N5O/c1-19-14(12(20-2)8-18-19)13(15)9-3-4-10-11(7-9)17-6-5-16-10/h3-8,13H,15H2,1-2H3. The van der Waals surface area contributed by atoms with Gasteiger partial charge >= 0.3 is 0 Å². The highest BCUT2D eigenvalue weighted by Gasteiger charge is 2.19. The molecule has 0 bridgehead atoms. The molecule has 0 aliphatic rings. The third-order valence-corrected chi connectivity index (χ3v) is 3.32. The Labute approximate surface area is 116 Å². The summed E-state index contributed by atoms with van der Waals surface area (Å²) in [5.41, 5.74) is 9.78. The Hall–Kier alpha value is -2.47. The molecule has 102 valence electrons. The molecule has 6 heteroatoms. The van der Waals surface area contributed by atoms with E-state index in [1.807, 2.05) is 25.2 Å². The number of nitrogens with zero attached hydrogens (tertiary/aromatic N) is 4. The minimum atomic E-state index is -0.330. The zero-order valence-corrected chi connectivity index (χ0v) is 11.3. The maximum atomic E-state index is 6.34. The highest BCUT2D eigenvalue weighted by molar-refractivity contribution is 5.74. The van der Waals surface area contributed by atoms with Crippen LogP contribution < -0.4 is 10.5 Å². The molecule has 1 atom stereocenters. The van der Waals surface area contributed by atoms with E-state index in [9.17, 15) is 0 Å². The van der Waals surface area contributed by atoms with Crippen LogP contribution in [0.25, 0.3) is 11.0 Å². The Morgan fingerprint density at radius 2 is 1.95 bits per heavy atom. The van der Waals surface area contributed by atoms with Crippen LogP contribution in [0.1, 0.15) is 17.3 Å². The Kier molecular flexibility index (Phi) is 3.08. The second-order valence-corrected chi connectivity index (χ2v) is 4.50. The van der Waals surface area contributed by atoms with Gasteiger partial charge in [-0.05, 0) is 17.7 Å². The molecule has 0 spiro atoms. The van der Waals surface area contributed by atoms with Gasteiger partial charge in [0.15, 0.2) is 5.75 Å². The van der Waals surface area contributed by atoms with Crippen LogP contribution in [0.4, 0.5) is 0 Å². The maximum Gasteiger partial charge on any atom is 0.161 e. The monoisotopic (exact) mass is 269 g/mol. The first-order chi connectivity index (χ1) is 9.70. The third kappa shape index (κ3) is 2.00. The van der Waals surface area contributed by atoms with E-state index in [-0.39, 0.29) is 6.04 Å². The molecule has 0 radical (unpaired) electrons. The highest BCUT2D eigenvalue weighted by atomic mass is 16.5. The van der Waals surface area contributed by atoms with Crippen LogP contribution in [-0.4, -0.2) is 26.9 Å². The molecule has 20 heavy (non-hydrogen) atoms. The van der Waals surface area contributed by atoms with Crippen molar-refractivity contribution < 1.29 is 4.74 Å². The smallest absolute Gasteiger partial charge is 0.161 e. The Balaban J connectivity index is 2.07. The van der Waals surface area contributed by atoms with E-state index in [2.05, 4.69) is 15.1 Å². The van der Waals surface area contributed by atoms with E-state index in [1.165, 1.54) is 0 Å². The number of methoxy groups -OCH3 is 1. The molecule has 0 amide bonds. The van der Waals surface area contributed by atoms with Gasteiger partial charge in [-0.3, -0.25) is 14.6 Å². The Morgan fingerprint density at radius 1 is 1.20 bits per heavy atom. The second-order valence-electron chi connectivity index (χ2n) is 4.50. The fraction of sp³-hybridized carbons (Fsp3) is 0.214. The summed E-state index contributed by atoms with van der Waals surface area (Å²) in [4.78, 5) is 8.55. The van der Waals surface area contributed by atoms with Crippen molar-refractivity contribution in [2.24, 2.45) is 12.8 Å². The van der Waals surface area contributed by atoms with Crippen LogP contribution in [-0.2, 0) is 7.05 Å². The number of aryl methyl sites for hydroxylation is 1. The van der Waals surface area contributed by atoms with Crippen molar-refractivity contribution in [1.29, 1.82) is 0 Å². The normalized spacial score (nSPS) is 12.6. The van der Waals surface area contributed by atoms with Gasteiger partial charge in [-0.2, -0.15) is 5.10 Å². The van der Waals surface area contributed by atoms with Gasteiger partial charge in [0.1, 0.15) is 5.69 Å². The summed E-state index contributed by atoms with van der Waals surface area (Å²) in [6, 6.07) is 5.48. The van der Waals surface area contributed by atoms with Gasteiger partial charge in [-0.1, -0.05) is 6.07 Å². The summed E-state index contributed by atoms with van der Waals surface area (Å²) in [7, 11) is 3.46. The molecule has 0 aliphatic heterocycles. The highest BCUT2D eigenvalue weighted by Crippen LogP contribution is 2.28. The summed E-state index contributed by atoms with van der Waals surface area (Å²) in [6.45, 7) is 0. The molecular formula is C14H15N5O. The van der Waals surface area contributed by atoms with Crippen LogP contribution in [0.5, 0.6) is 5.75 Å². The molecule has 2 aromatic heterocycles. The fourth-order valence-electron chi connectivity index (χ4n) is 2.27. The summed E-state index contributed by atoms with van der Waals surface area (Å²) in [5.74, 6) is 0.680. The predicted molar refractivity (Wildman–Crippen MR) is 75.3 cm³/mol. The molecule has 1 unspecified atom stereocenters. The predicted octanol–water partition coefficient (Wildman–Crippen LogP) is 1.42. The summed E-state index contributed by atoms with van der Waals surface area (Å²) < 4.78 is 7.03. The molecule has 0 fully saturated rings. The van der Waals surface area contributed by atoms with E-state index >= 15 is 0 Å². The largest absolute Gasteiger partial charge is 0.493 e. The number of aromatic nitrogens is 4. The third-order valence-electron chi connectivity index (χ3n) is 3.32. The van der Waals surface area contributed by atoms with Crippen molar-refractivity contribution in [3.8, 4) is 5.75 Å². The Morgan fingerprint density at radius 3 is 2.70 bits per heavy atom. The zero-order chi connectivity index (χ0) is 14.1. The van der Waals surface area contributed by atoms with Gasteiger partial charge < -0.3 is 10.5 Å². The molecule has 2 N–H and O–H groups in total. The number of nitrogens with two attached hydrogens (primary N) is 1. The molecule has 1 aromatic carbocycles. The van der Waals surface area contributed by atoms with E-state index in [4.69, 9.17) is 10.5 Å². The molecule has 0 aliphatic carbocycles. The van der Waals surface area contributed by atoms with Crippen molar-refractivity contribution in [2.75, 3.05) is 7.11 Å². The van der Waals surface area contributed by atoms with Crippen molar-refractivity contribution >= 4 is 11.0 Å². The Bertz CT molecular complexity index is 752. The molecule has 6 nitrogen and oxygen atoms in total. The molecule has 3 rings (SSSR count). The van der Waals surface area contributed by atoms with Crippen molar-refractivity contribution in [1.82, 2.24) is 19.7 Å².